The maximum Gasteiger partial charge on any atom is 0.194 e. The molecule has 0 aromatic carbocycles. The molecule has 4 nitrogen and oxygen atoms in total. The van der Waals surface area contributed by atoms with Crippen LogP contribution in [-0.4, -0.2) is 19.4 Å². The number of imidazole rings is 1. The summed E-state index contributed by atoms with van der Waals surface area (Å²) >= 11 is 1.61. The highest BCUT2D eigenvalue weighted by Crippen LogP contribution is 2.20. The van der Waals surface area contributed by atoms with Gasteiger partial charge in [0.1, 0.15) is 11.4 Å². The molecule has 15 heavy (non-hydrogen) atoms. The summed E-state index contributed by atoms with van der Waals surface area (Å²) in [7, 11) is 0. The van der Waals surface area contributed by atoms with Gasteiger partial charge in [-0.2, -0.15) is 0 Å². The third-order valence-corrected chi connectivity index (χ3v) is 2.99. The average Bonchev–Trinajstić information content (AvgIpc) is 2.77. The Hall–Kier alpha value is -1.75. The van der Waals surface area contributed by atoms with Gasteiger partial charge >= 0.3 is 0 Å². The van der Waals surface area contributed by atoms with Crippen LogP contribution in [0.3, 0.4) is 0 Å². The predicted molar refractivity (Wildman–Crippen MR) is 58.8 cm³/mol. The number of thiazole rings is 1. The standard InChI is InChI=1S/C10H8N4S/c1-7-9(12-3-2-11-7)8-6-14-4-5-15-10(14)13-8/h2-6H,1H3. The lowest BCUT2D eigenvalue weighted by atomic mass is 10.2. The Morgan fingerprint density at radius 2 is 2.13 bits per heavy atom. The normalized spacial score (nSPS) is 11.0. The molecule has 0 bridgehead atoms. The molecular weight excluding hydrogens is 208 g/mol. The molecule has 0 unspecified atom stereocenters. The Balaban J connectivity index is 2.22. The topological polar surface area (TPSA) is 43.1 Å². The number of aryl methyl sites for hydroxylation is 1. The highest BCUT2D eigenvalue weighted by atomic mass is 32.1. The van der Waals surface area contributed by atoms with Crippen LogP contribution < -0.4 is 0 Å². The number of hydrogen-bond acceptors (Lipinski definition) is 4. The third-order valence-electron chi connectivity index (χ3n) is 2.22. The van der Waals surface area contributed by atoms with Crippen molar-refractivity contribution in [3.63, 3.8) is 0 Å². The van der Waals surface area contributed by atoms with E-state index in [4.69, 9.17) is 0 Å². The van der Waals surface area contributed by atoms with Crippen molar-refractivity contribution < 1.29 is 0 Å². The van der Waals surface area contributed by atoms with E-state index in [9.17, 15) is 0 Å². The Morgan fingerprint density at radius 1 is 1.27 bits per heavy atom. The number of rotatable bonds is 1. The maximum absolute atomic E-state index is 4.48. The molecule has 3 aromatic heterocycles. The van der Waals surface area contributed by atoms with Crippen molar-refractivity contribution in [3.05, 3.63) is 35.9 Å². The molecule has 3 rings (SSSR count). The first kappa shape index (κ1) is 8.55. The van der Waals surface area contributed by atoms with E-state index in [2.05, 4.69) is 15.0 Å². The van der Waals surface area contributed by atoms with Gasteiger partial charge in [-0.25, -0.2) is 4.98 Å². The molecule has 0 saturated carbocycles. The molecule has 0 aliphatic rings. The largest absolute Gasteiger partial charge is 0.297 e. The van der Waals surface area contributed by atoms with E-state index in [-0.39, 0.29) is 0 Å². The van der Waals surface area contributed by atoms with Crippen molar-refractivity contribution in [2.75, 3.05) is 0 Å². The van der Waals surface area contributed by atoms with Crippen LogP contribution in [0.5, 0.6) is 0 Å². The van der Waals surface area contributed by atoms with Gasteiger partial charge in [0.15, 0.2) is 4.96 Å². The zero-order chi connectivity index (χ0) is 10.3. The van der Waals surface area contributed by atoms with Crippen LogP contribution in [0.1, 0.15) is 5.69 Å². The van der Waals surface area contributed by atoms with E-state index >= 15 is 0 Å². The first-order chi connectivity index (χ1) is 7.34. The van der Waals surface area contributed by atoms with Crippen molar-refractivity contribution in [3.8, 4) is 11.4 Å². The van der Waals surface area contributed by atoms with E-state index < -0.39 is 0 Å². The lowest BCUT2D eigenvalue weighted by molar-refractivity contribution is 1.11. The SMILES string of the molecule is Cc1nccnc1-c1cn2ccsc2n1. The zero-order valence-electron chi connectivity index (χ0n) is 8.08. The summed E-state index contributed by atoms with van der Waals surface area (Å²) in [6, 6.07) is 0. The van der Waals surface area contributed by atoms with Crippen LogP contribution in [0, 0.1) is 6.92 Å². The van der Waals surface area contributed by atoms with E-state index in [1.807, 2.05) is 29.1 Å². The van der Waals surface area contributed by atoms with Gasteiger partial charge < -0.3 is 0 Å². The second kappa shape index (κ2) is 3.13. The Kier molecular flexibility index (Phi) is 1.78. The Labute approximate surface area is 90.3 Å². The molecule has 3 heterocycles. The lowest BCUT2D eigenvalue weighted by Crippen LogP contribution is -1.90. The Morgan fingerprint density at radius 3 is 2.93 bits per heavy atom. The highest BCUT2D eigenvalue weighted by molar-refractivity contribution is 7.15. The highest BCUT2D eigenvalue weighted by Gasteiger charge is 2.08. The summed E-state index contributed by atoms with van der Waals surface area (Å²) in [6.07, 6.45) is 7.35. The van der Waals surface area contributed by atoms with Gasteiger partial charge in [-0.3, -0.25) is 14.4 Å². The lowest BCUT2D eigenvalue weighted by Gasteiger charge is -1.97. The molecular formula is C10H8N4S. The van der Waals surface area contributed by atoms with Crippen LogP contribution in [0.2, 0.25) is 0 Å². The molecule has 0 fully saturated rings. The molecule has 0 radical (unpaired) electrons. The number of aromatic nitrogens is 4. The van der Waals surface area contributed by atoms with Crippen molar-refractivity contribution in [1.82, 2.24) is 19.4 Å². The van der Waals surface area contributed by atoms with Gasteiger partial charge in [-0.15, -0.1) is 11.3 Å². The Bertz CT molecular complexity index is 582. The van der Waals surface area contributed by atoms with Crippen molar-refractivity contribution in [1.29, 1.82) is 0 Å². The van der Waals surface area contributed by atoms with Gasteiger partial charge in [0.05, 0.1) is 5.69 Å². The summed E-state index contributed by atoms with van der Waals surface area (Å²) in [5.74, 6) is 0. The minimum atomic E-state index is 0.855. The molecule has 0 saturated heterocycles. The summed E-state index contributed by atoms with van der Waals surface area (Å²) in [6.45, 7) is 1.94. The number of nitrogens with zero attached hydrogens (tertiary/aromatic N) is 4. The second-order valence-electron chi connectivity index (χ2n) is 3.21. The minimum Gasteiger partial charge on any atom is -0.297 e. The van der Waals surface area contributed by atoms with Crippen LogP contribution in [0.25, 0.3) is 16.3 Å². The molecule has 3 aromatic rings. The van der Waals surface area contributed by atoms with Crippen LogP contribution >= 0.6 is 11.3 Å². The first-order valence-corrected chi connectivity index (χ1v) is 5.43. The predicted octanol–water partition coefficient (Wildman–Crippen LogP) is 2.16. The molecule has 0 spiro atoms. The van der Waals surface area contributed by atoms with E-state index in [0.717, 1.165) is 22.0 Å². The monoisotopic (exact) mass is 216 g/mol. The first-order valence-electron chi connectivity index (χ1n) is 4.55. The van der Waals surface area contributed by atoms with Gasteiger partial charge in [0.25, 0.3) is 0 Å². The molecule has 0 amide bonds. The van der Waals surface area contributed by atoms with Crippen molar-refractivity contribution in [2.45, 2.75) is 6.92 Å². The van der Waals surface area contributed by atoms with Gasteiger partial charge in [0, 0.05) is 30.2 Å². The second-order valence-corrected chi connectivity index (χ2v) is 4.08. The van der Waals surface area contributed by atoms with Crippen LogP contribution in [0.15, 0.2) is 30.2 Å². The quantitative estimate of drug-likeness (QED) is 0.626. The fourth-order valence-electron chi connectivity index (χ4n) is 1.50. The third kappa shape index (κ3) is 1.32. The molecule has 5 heteroatoms. The smallest absolute Gasteiger partial charge is 0.194 e. The maximum atomic E-state index is 4.48. The molecule has 74 valence electrons. The molecule has 0 atom stereocenters. The van der Waals surface area contributed by atoms with Crippen molar-refractivity contribution >= 4 is 16.3 Å². The van der Waals surface area contributed by atoms with Gasteiger partial charge in [-0.1, -0.05) is 0 Å². The summed E-state index contributed by atoms with van der Waals surface area (Å²) in [4.78, 5) is 14.0. The molecule has 0 N–H and O–H groups in total. The summed E-state index contributed by atoms with van der Waals surface area (Å²) in [5.41, 5.74) is 2.64. The fourth-order valence-corrected chi connectivity index (χ4v) is 2.20. The van der Waals surface area contributed by atoms with Crippen LogP contribution in [0.4, 0.5) is 0 Å². The van der Waals surface area contributed by atoms with E-state index in [1.54, 1.807) is 23.7 Å². The summed E-state index contributed by atoms with van der Waals surface area (Å²) in [5, 5.41) is 2.01. The molecule has 0 aliphatic heterocycles. The number of hydrogen-bond donors (Lipinski definition) is 0. The molecule has 0 aliphatic carbocycles. The van der Waals surface area contributed by atoms with Gasteiger partial charge in [-0.05, 0) is 6.92 Å². The fraction of sp³-hybridized carbons (Fsp3) is 0.100. The zero-order valence-corrected chi connectivity index (χ0v) is 8.90. The average molecular weight is 216 g/mol. The van der Waals surface area contributed by atoms with E-state index in [1.165, 1.54) is 0 Å². The van der Waals surface area contributed by atoms with Gasteiger partial charge in [0.2, 0.25) is 0 Å². The van der Waals surface area contributed by atoms with Crippen molar-refractivity contribution in [2.24, 2.45) is 0 Å². The number of fused-ring (bicyclic) bond motifs is 1. The van der Waals surface area contributed by atoms with E-state index in [0.29, 0.717) is 0 Å². The van der Waals surface area contributed by atoms with Crippen LogP contribution in [-0.2, 0) is 0 Å². The summed E-state index contributed by atoms with van der Waals surface area (Å²) < 4.78 is 1.99. The minimum absolute atomic E-state index is 0.855.